The van der Waals surface area contributed by atoms with Crippen LogP contribution in [0.1, 0.15) is 135 Å². The zero-order valence-electron chi connectivity index (χ0n) is 23.9. The van der Waals surface area contributed by atoms with Crippen LogP contribution in [0.2, 0.25) is 0 Å². The average molecular weight is 513 g/mol. The molecular weight excluding hydrogens is 464 g/mol. The fourth-order valence-electron chi connectivity index (χ4n) is 4.35. The summed E-state index contributed by atoms with van der Waals surface area (Å²) in [5, 5.41) is 19.9. The fraction of sp³-hybridized carbons (Fsp3) is 0.690. The predicted molar refractivity (Wildman–Crippen MR) is 151 cm³/mol. The van der Waals surface area contributed by atoms with Crippen molar-refractivity contribution in [2.24, 2.45) is 5.16 Å². The van der Waals surface area contributed by atoms with Gasteiger partial charge in [-0.25, -0.2) is 0 Å². The molecule has 0 saturated heterocycles. The van der Waals surface area contributed by atoms with Crippen molar-refractivity contribution in [3.63, 3.8) is 0 Å². The lowest BCUT2D eigenvalue weighted by molar-refractivity contribution is -0.110. The van der Waals surface area contributed by atoms with E-state index in [9.17, 15) is 4.79 Å². The number of rotatable bonds is 18. The first kappa shape index (κ1) is 30.5. The van der Waals surface area contributed by atoms with E-state index in [1.807, 2.05) is 25.1 Å². The summed E-state index contributed by atoms with van der Waals surface area (Å²) in [6.45, 7) is 13.5. The summed E-state index contributed by atoms with van der Waals surface area (Å²) in [5.41, 5.74) is 3.00. The van der Waals surface area contributed by atoms with Crippen LogP contribution in [0.3, 0.4) is 0 Å². The highest BCUT2D eigenvalue weighted by Crippen LogP contribution is 2.32. The van der Waals surface area contributed by atoms with Crippen molar-refractivity contribution >= 4 is 17.3 Å². The maximum absolute atomic E-state index is 13.4. The molecule has 2 aromatic rings. The number of aromatic nitrogens is 4. The fourth-order valence-corrected chi connectivity index (χ4v) is 4.35. The molecule has 0 aliphatic carbocycles. The van der Waals surface area contributed by atoms with Crippen LogP contribution >= 0.6 is 0 Å². The van der Waals surface area contributed by atoms with E-state index in [0.29, 0.717) is 13.2 Å². The largest absolute Gasteiger partial charge is 0.395 e. The number of carbonyl (C=O) groups is 1. The normalized spacial score (nSPS) is 11.9. The number of hydrogen-bond donors (Lipinski definition) is 1. The number of oxime groups is 1. The molecule has 206 valence electrons. The number of hydrogen-bond acceptors (Lipinski definition) is 6. The zero-order valence-corrected chi connectivity index (χ0v) is 23.9. The van der Waals surface area contributed by atoms with Gasteiger partial charge in [-0.05, 0) is 41.5 Å². The Labute approximate surface area is 223 Å². The number of unbranched alkanes of at least 4 members (excludes halogenated alkanes) is 9. The smallest absolute Gasteiger partial charge is 0.281 e. The van der Waals surface area contributed by atoms with Crippen LogP contribution in [-0.2, 0) is 16.2 Å². The number of benzene rings is 1. The second-order valence-corrected chi connectivity index (χ2v) is 10.3. The third-order valence-corrected chi connectivity index (χ3v) is 6.49. The van der Waals surface area contributed by atoms with Crippen molar-refractivity contribution in [2.45, 2.75) is 124 Å². The second kappa shape index (κ2) is 16.9. The van der Waals surface area contributed by atoms with Crippen LogP contribution in [-0.4, -0.2) is 38.4 Å². The van der Waals surface area contributed by atoms with E-state index in [0.717, 1.165) is 29.7 Å². The molecule has 0 atom stereocenters. The molecule has 37 heavy (non-hydrogen) atoms. The summed E-state index contributed by atoms with van der Waals surface area (Å²) in [5.74, 6) is 0.274. The summed E-state index contributed by atoms with van der Waals surface area (Å²) in [4.78, 5) is 20.2. The van der Waals surface area contributed by atoms with Crippen molar-refractivity contribution in [3.8, 4) is 0 Å². The highest BCUT2D eigenvalue weighted by Gasteiger charge is 2.24. The number of anilines is 1. The first-order chi connectivity index (χ1) is 17.9. The summed E-state index contributed by atoms with van der Waals surface area (Å²) in [6, 6.07) is 6.13. The number of para-hydroxylation sites is 1. The van der Waals surface area contributed by atoms with Gasteiger partial charge < -0.3 is 10.2 Å². The van der Waals surface area contributed by atoms with Crippen LogP contribution < -0.4 is 5.32 Å². The Morgan fingerprint density at radius 3 is 2.03 bits per heavy atom. The molecule has 0 unspecified atom stereocenters. The highest BCUT2D eigenvalue weighted by atomic mass is 16.6. The summed E-state index contributed by atoms with van der Waals surface area (Å²) < 4.78 is 0. The Hall–Kier alpha value is -2.77. The highest BCUT2D eigenvalue weighted by molar-refractivity contribution is 6.47. The number of carbonyl (C=O) groups excluding carboxylic acids is 1. The number of tetrazole rings is 1. The van der Waals surface area contributed by atoms with E-state index in [4.69, 9.17) is 4.84 Å². The number of amides is 1. The molecule has 8 nitrogen and oxygen atoms in total. The number of nitrogens with zero attached hydrogens (tertiary/aromatic N) is 5. The lowest BCUT2D eigenvalue weighted by Gasteiger charge is -2.20. The summed E-state index contributed by atoms with van der Waals surface area (Å²) in [7, 11) is 0. The van der Waals surface area contributed by atoms with Crippen molar-refractivity contribution in [1.82, 2.24) is 20.2 Å². The monoisotopic (exact) mass is 512 g/mol. The molecular formula is C29H48N6O2. The van der Waals surface area contributed by atoms with Gasteiger partial charge in [-0.1, -0.05) is 116 Å². The van der Waals surface area contributed by atoms with Crippen molar-refractivity contribution in [3.05, 3.63) is 35.2 Å². The van der Waals surface area contributed by atoms with Gasteiger partial charge in [-0.2, -0.15) is 4.80 Å². The Morgan fingerprint density at radius 1 is 0.919 bits per heavy atom. The molecule has 1 aromatic heterocycles. The van der Waals surface area contributed by atoms with Gasteiger partial charge in [0.1, 0.15) is 6.61 Å². The molecule has 1 heterocycles. The minimum absolute atomic E-state index is 0.0319. The van der Waals surface area contributed by atoms with Gasteiger partial charge in [0.25, 0.3) is 5.91 Å². The quantitative estimate of drug-likeness (QED) is 0.129. The van der Waals surface area contributed by atoms with Crippen LogP contribution in [0.4, 0.5) is 5.69 Å². The minimum Gasteiger partial charge on any atom is -0.395 e. The van der Waals surface area contributed by atoms with E-state index in [1.165, 1.54) is 51.4 Å². The molecule has 8 heteroatoms. The Bertz CT molecular complexity index is 941. The van der Waals surface area contributed by atoms with Gasteiger partial charge in [0.05, 0.1) is 6.54 Å². The third-order valence-electron chi connectivity index (χ3n) is 6.49. The average Bonchev–Trinajstić information content (AvgIpc) is 3.33. The van der Waals surface area contributed by atoms with Gasteiger partial charge in [-0.3, -0.25) is 4.79 Å². The molecule has 0 aliphatic rings. The number of nitrogens with one attached hydrogen (secondary N) is 1. The SMILES string of the molecule is CCCCCCCCCCCCn1nnc(/C(=N/OCC)C(=O)Nc2c(C(C)C)cccc2C(C)C)n1. The van der Waals surface area contributed by atoms with Crippen molar-refractivity contribution < 1.29 is 9.63 Å². The summed E-state index contributed by atoms with van der Waals surface area (Å²) >= 11 is 0. The molecule has 0 bridgehead atoms. The van der Waals surface area contributed by atoms with Gasteiger partial charge in [0, 0.05) is 5.69 Å². The molecule has 0 saturated carbocycles. The lowest BCUT2D eigenvalue weighted by atomic mass is 9.92. The first-order valence-electron chi connectivity index (χ1n) is 14.3. The second-order valence-electron chi connectivity index (χ2n) is 10.3. The van der Waals surface area contributed by atoms with Crippen LogP contribution in [0.5, 0.6) is 0 Å². The molecule has 0 aliphatic heterocycles. The molecule has 2 rings (SSSR count). The molecule has 0 fully saturated rings. The lowest BCUT2D eigenvalue weighted by Crippen LogP contribution is -2.27. The van der Waals surface area contributed by atoms with E-state index < -0.39 is 5.91 Å². The Morgan fingerprint density at radius 2 is 1.49 bits per heavy atom. The van der Waals surface area contributed by atoms with Crippen molar-refractivity contribution in [2.75, 3.05) is 11.9 Å². The van der Waals surface area contributed by atoms with Gasteiger partial charge in [0.2, 0.25) is 11.5 Å². The Kier molecular flexibility index (Phi) is 13.9. The minimum atomic E-state index is -0.401. The maximum atomic E-state index is 13.4. The topological polar surface area (TPSA) is 94.3 Å². The van der Waals surface area contributed by atoms with Crippen molar-refractivity contribution in [1.29, 1.82) is 0 Å². The maximum Gasteiger partial charge on any atom is 0.281 e. The first-order valence-corrected chi connectivity index (χ1v) is 14.3. The Balaban J connectivity index is 1.99. The molecule has 0 spiro atoms. The van der Waals surface area contributed by atoms with Crippen LogP contribution in [0.15, 0.2) is 23.4 Å². The predicted octanol–water partition coefficient (Wildman–Crippen LogP) is 7.22. The zero-order chi connectivity index (χ0) is 27.0. The third kappa shape index (κ3) is 10.3. The number of aryl methyl sites for hydroxylation is 1. The van der Waals surface area contributed by atoms with Gasteiger partial charge in [-0.15, -0.1) is 10.2 Å². The van der Waals surface area contributed by atoms with E-state index in [-0.39, 0.29) is 23.4 Å². The van der Waals surface area contributed by atoms with Crippen LogP contribution in [0.25, 0.3) is 0 Å². The van der Waals surface area contributed by atoms with E-state index in [1.54, 1.807) is 4.80 Å². The van der Waals surface area contributed by atoms with E-state index >= 15 is 0 Å². The molecule has 0 radical (unpaired) electrons. The van der Waals surface area contributed by atoms with Gasteiger partial charge in [0.15, 0.2) is 0 Å². The molecule has 1 amide bonds. The van der Waals surface area contributed by atoms with Crippen LogP contribution in [0, 0.1) is 0 Å². The molecule has 1 aromatic carbocycles. The van der Waals surface area contributed by atoms with Gasteiger partial charge >= 0.3 is 0 Å². The van der Waals surface area contributed by atoms with E-state index in [2.05, 4.69) is 60.5 Å². The summed E-state index contributed by atoms with van der Waals surface area (Å²) in [6.07, 6.45) is 12.7. The standard InChI is InChI=1S/C29H48N6O2/c1-7-9-10-11-12-13-14-15-16-17-21-35-32-28(31-34-35)27(33-37-8-2)29(36)30-26-24(22(3)4)19-18-20-25(26)23(5)6/h18-20,22-23H,7-17,21H2,1-6H3,(H,30,36)/b33-27-. The molecule has 1 N–H and O–H groups in total.